The van der Waals surface area contributed by atoms with Crippen molar-refractivity contribution < 1.29 is 4.52 Å². The highest BCUT2D eigenvalue weighted by Crippen LogP contribution is 2.19. The maximum absolute atomic E-state index is 5.27. The summed E-state index contributed by atoms with van der Waals surface area (Å²) in [5.74, 6) is 0.826. The van der Waals surface area contributed by atoms with Crippen molar-refractivity contribution in [3.8, 4) is 11.3 Å². The van der Waals surface area contributed by atoms with E-state index in [1.54, 1.807) is 0 Å². The van der Waals surface area contributed by atoms with Crippen LogP contribution in [-0.2, 0) is 6.54 Å². The average molecular weight is 202 g/mol. The molecule has 78 valence electrons. The third-order valence-electron chi connectivity index (χ3n) is 2.10. The molecular formula is C12H14N2O. The molecule has 2 aromatic rings. The molecule has 3 heteroatoms. The van der Waals surface area contributed by atoms with Crippen LogP contribution in [-0.4, -0.2) is 24.2 Å². The van der Waals surface area contributed by atoms with Gasteiger partial charge in [-0.1, -0.05) is 35.5 Å². The Hall–Kier alpha value is -1.61. The number of hydrogen-bond acceptors (Lipinski definition) is 3. The van der Waals surface area contributed by atoms with E-state index in [4.69, 9.17) is 4.52 Å². The number of hydrogen-bond donors (Lipinski definition) is 0. The third-order valence-corrected chi connectivity index (χ3v) is 2.10. The van der Waals surface area contributed by atoms with Crippen LogP contribution in [0.15, 0.2) is 40.9 Å². The number of rotatable bonds is 3. The second-order valence-electron chi connectivity index (χ2n) is 3.79. The summed E-state index contributed by atoms with van der Waals surface area (Å²) in [6, 6.07) is 12.0. The van der Waals surface area contributed by atoms with Crippen LogP contribution in [0.5, 0.6) is 0 Å². The lowest BCUT2D eigenvalue weighted by Gasteiger charge is -2.04. The highest BCUT2D eigenvalue weighted by molar-refractivity contribution is 5.56. The van der Waals surface area contributed by atoms with E-state index in [9.17, 15) is 0 Å². The van der Waals surface area contributed by atoms with Gasteiger partial charge in [0, 0.05) is 18.2 Å². The van der Waals surface area contributed by atoms with E-state index in [0.717, 1.165) is 23.6 Å². The Morgan fingerprint density at radius 3 is 2.60 bits per heavy atom. The van der Waals surface area contributed by atoms with Crippen molar-refractivity contribution >= 4 is 0 Å². The van der Waals surface area contributed by atoms with Crippen LogP contribution in [0.3, 0.4) is 0 Å². The molecular weight excluding hydrogens is 188 g/mol. The van der Waals surface area contributed by atoms with Crippen molar-refractivity contribution in [2.24, 2.45) is 0 Å². The van der Waals surface area contributed by atoms with Gasteiger partial charge in [-0.2, -0.15) is 0 Å². The van der Waals surface area contributed by atoms with E-state index in [1.165, 1.54) is 0 Å². The van der Waals surface area contributed by atoms with Crippen LogP contribution in [0.1, 0.15) is 5.69 Å². The molecule has 0 radical (unpaired) electrons. The summed E-state index contributed by atoms with van der Waals surface area (Å²) in [4.78, 5) is 2.06. The number of nitrogens with zero attached hydrogens (tertiary/aromatic N) is 2. The second-order valence-corrected chi connectivity index (χ2v) is 3.79. The molecule has 0 unspecified atom stereocenters. The zero-order chi connectivity index (χ0) is 10.7. The summed E-state index contributed by atoms with van der Waals surface area (Å²) < 4.78 is 5.27. The molecule has 1 heterocycles. The van der Waals surface area contributed by atoms with E-state index in [1.807, 2.05) is 50.5 Å². The van der Waals surface area contributed by atoms with Gasteiger partial charge in [0.15, 0.2) is 5.76 Å². The quantitative estimate of drug-likeness (QED) is 0.765. The predicted octanol–water partition coefficient (Wildman–Crippen LogP) is 2.40. The largest absolute Gasteiger partial charge is 0.356 e. The van der Waals surface area contributed by atoms with Crippen LogP contribution in [0.25, 0.3) is 11.3 Å². The molecule has 0 bridgehead atoms. The summed E-state index contributed by atoms with van der Waals surface area (Å²) in [5, 5.41) is 4.02. The summed E-state index contributed by atoms with van der Waals surface area (Å²) in [7, 11) is 4.02. The first-order chi connectivity index (χ1) is 7.25. The maximum Gasteiger partial charge on any atom is 0.167 e. The summed E-state index contributed by atoms with van der Waals surface area (Å²) in [5.41, 5.74) is 2.02. The summed E-state index contributed by atoms with van der Waals surface area (Å²) >= 11 is 0. The minimum absolute atomic E-state index is 0.802. The van der Waals surface area contributed by atoms with Crippen LogP contribution < -0.4 is 0 Å². The van der Waals surface area contributed by atoms with Gasteiger partial charge in [-0.15, -0.1) is 0 Å². The molecule has 0 saturated heterocycles. The molecule has 0 N–H and O–H groups in total. The van der Waals surface area contributed by atoms with Gasteiger partial charge in [-0.05, 0) is 14.1 Å². The van der Waals surface area contributed by atoms with E-state index in [-0.39, 0.29) is 0 Å². The van der Waals surface area contributed by atoms with Gasteiger partial charge >= 0.3 is 0 Å². The SMILES string of the molecule is CN(C)Cc1cc(-c2ccccc2)on1. The Morgan fingerprint density at radius 1 is 1.20 bits per heavy atom. The standard InChI is InChI=1S/C12H14N2O/c1-14(2)9-11-8-12(15-13-11)10-6-4-3-5-7-10/h3-8H,9H2,1-2H3. The molecule has 0 atom stereocenters. The molecule has 0 aliphatic carbocycles. The zero-order valence-electron chi connectivity index (χ0n) is 8.97. The Bertz CT molecular complexity index is 420. The van der Waals surface area contributed by atoms with E-state index in [0.29, 0.717) is 0 Å². The normalized spacial score (nSPS) is 10.9. The van der Waals surface area contributed by atoms with Crippen molar-refractivity contribution in [3.63, 3.8) is 0 Å². The maximum atomic E-state index is 5.27. The summed E-state index contributed by atoms with van der Waals surface area (Å²) in [6.07, 6.45) is 0. The molecule has 0 fully saturated rings. The molecule has 1 aromatic carbocycles. The molecule has 2 rings (SSSR count). The fourth-order valence-corrected chi connectivity index (χ4v) is 1.45. The van der Waals surface area contributed by atoms with Gasteiger partial charge in [-0.3, -0.25) is 0 Å². The zero-order valence-corrected chi connectivity index (χ0v) is 8.97. The fourth-order valence-electron chi connectivity index (χ4n) is 1.45. The van der Waals surface area contributed by atoms with Crippen molar-refractivity contribution in [1.29, 1.82) is 0 Å². The second kappa shape index (κ2) is 4.28. The van der Waals surface area contributed by atoms with Crippen LogP contribution in [0.2, 0.25) is 0 Å². The van der Waals surface area contributed by atoms with Gasteiger partial charge in [-0.25, -0.2) is 0 Å². The Labute approximate surface area is 89.3 Å². The highest BCUT2D eigenvalue weighted by atomic mass is 16.5. The third kappa shape index (κ3) is 2.44. The van der Waals surface area contributed by atoms with Gasteiger partial charge < -0.3 is 9.42 Å². The highest BCUT2D eigenvalue weighted by Gasteiger charge is 2.06. The lowest BCUT2D eigenvalue weighted by molar-refractivity contribution is 0.367. The van der Waals surface area contributed by atoms with E-state index >= 15 is 0 Å². The smallest absolute Gasteiger partial charge is 0.167 e. The monoisotopic (exact) mass is 202 g/mol. The van der Waals surface area contributed by atoms with Crippen LogP contribution in [0, 0.1) is 0 Å². The fraction of sp³-hybridized carbons (Fsp3) is 0.250. The van der Waals surface area contributed by atoms with Crippen molar-refractivity contribution in [3.05, 3.63) is 42.1 Å². The average Bonchev–Trinajstić information content (AvgIpc) is 2.67. The van der Waals surface area contributed by atoms with Gasteiger partial charge in [0.1, 0.15) is 0 Å². The molecule has 0 saturated carbocycles. The molecule has 0 spiro atoms. The van der Waals surface area contributed by atoms with E-state index in [2.05, 4.69) is 10.1 Å². The van der Waals surface area contributed by atoms with Crippen molar-refractivity contribution in [2.75, 3.05) is 14.1 Å². The lowest BCUT2D eigenvalue weighted by atomic mass is 10.2. The Morgan fingerprint density at radius 2 is 1.93 bits per heavy atom. The first-order valence-electron chi connectivity index (χ1n) is 4.91. The topological polar surface area (TPSA) is 29.3 Å². The Balaban J connectivity index is 2.21. The molecule has 3 nitrogen and oxygen atoms in total. The molecule has 0 amide bonds. The lowest BCUT2D eigenvalue weighted by Crippen LogP contribution is -2.10. The van der Waals surface area contributed by atoms with E-state index < -0.39 is 0 Å². The van der Waals surface area contributed by atoms with Crippen LogP contribution >= 0.6 is 0 Å². The van der Waals surface area contributed by atoms with Crippen molar-refractivity contribution in [2.45, 2.75) is 6.54 Å². The van der Waals surface area contributed by atoms with Crippen LogP contribution in [0.4, 0.5) is 0 Å². The van der Waals surface area contributed by atoms with Gasteiger partial charge in [0.25, 0.3) is 0 Å². The molecule has 1 aromatic heterocycles. The predicted molar refractivity (Wildman–Crippen MR) is 59.3 cm³/mol. The summed E-state index contributed by atoms with van der Waals surface area (Å²) in [6.45, 7) is 0.802. The number of aromatic nitrogens is 1. The molecule has 0 aliphatic heterocycles. The molecule has 15 heavy (non-hydrogen) atoms. The van der Waals surface area contributed by atoms with Gasteiger partial charge in [0.05, 0.1) is 5.69 Å². The molecule has 0 aliphatic rings. The van der Waals surface area contributed by atoms with Crippen molar-refractivity contribution in [1.82, 2.24) is 10.1 Å². The first kappa shape index (κ1) is 9.93. The number of benzene rings is 1. The minimum atomic E-state index is 0.802. The first-order valence-corrected chi connectivity index (χ1v) is 4.91. The van der Waals surface area contributed by atoms with Gasteiger partial charge in [0.2, 0.25) is 0 Å². The Kier molecular flexibility index (Phi) is 2.83. The minimum Gasteiger partial charge on any atom is -0.356 e.